The molecule has 2 aromatic rings. The Morgan fingerprint density at radius 3 is 2.46 bits per heavy atom. The van der Waals surface area contributed by atoms with Crippen LogP contribution in [0.1, 0.15) is 11.1 Å². The Bertz CT molecular complexity index is 620. The van der Waals surface area contributed by atoms with Crippen LogP contribution in [0.5, 0.6) is 5.75 Å². The lowest BCUT2D eigenvalue weighted by atomic mass is 10.2. The number of hydrogen-bond donors (Lipinski definition) is 1. The van der Waals surface area contributed by atoms with Crippen LogP contribution in [0.15, 0.2) is 73.3 Å². The van der Waals surface area contributed by atoms with E-state index in [4.69, 9.17) is 4.74 Å². The number of ether oxygens (including phenoxy) is 1. The Morgan fingerprint density at radius 1 is 1.04 bits per heavy atom. The van der Waals surface area contributed by atoms with Crippen molar-refractivity contribution in [3.05, 3.63) is 84.5 Å². The van der Waals surface area contributed by atoms with Gasteiger partial charge < -0.3 is 9.84 Å². The van der Waals surface area contributed by atoms with E-state index in [1.165, 1.54) is 11.1 Å². The molecule has 0 saturated heterocycles. The average molecular weight is 323 g/mol. The highest BCUT2D eigenvalue weighted by atomic mass is 16.5. The molecule has 24 heavy (non-hydrogen) atoms. The minimum atomic E-state index is 0.152. The first-order chi connectivity index (χ1) is 11.8. The summed E-state index contributed by atoms with van der Waals surface area (Å²) < 4.78 is 5.49. The zero-order valence-corrected chi connectivity index (χ0v) is 14.0. The van der Waals surface area contributed by atoms with Gasteiger partial charge in [-0.05, 0) is 23.3 Å². The van der Waals surface area contributed by atoms with Crippen LogP contribution in [0.25, 0.3) is 6.08 Å². The highest BCUT2D eigenvalue weighted by molar-refractivity contribution is 5.48. The van der Waals surface area contributed by atoms with Crippen molar-refractivity contribution in [2.45, 2.75) is 6.54 Å². The zero-order valence-electron chi connectivity index (χ0n) is 14.0. The molecule has 2 rings (SSSR count). The Kier molecular flexibility index (Phi) is 7.81. The monoisotopic (exact) mass is 323 g/mol. The van der Waals surface area contributed by atoms with E-state index in [0.717, 1.165) is 18.8 Å². The smallest absolute Gasteiger partial charge is 0.119 e. The molecule has 0 aliphatic carbocycles. The first kappa shape index (κ1) is 18.0. The summed E-state index contributed by atoms with van der Waals surface area (Å²) in [6.45, 7) is 6.54. The topological polar surface area (TPSA) is 32.7 Å². The van der Waals surface area contributed by atoms with Crippen molar-refractivity contribution < 1.29 is 9.84 Å². The molecule has 0 unspecified atom stereocenters. The van der Waals surface area contributed by atoms with E-state index in [-0.39, 0.29) is 6.61 Å². The highest BCUT2D eigenvalue weighted by Crippen LogP contribution is 2.14. The SMILES string of the molecule is C=CCOc1ccc(CN(C/C=C/c2ccccc2)CCO)cc1. The van der Waals surface area contributed by atoms with Crippen LogP contribution in [0.4, 0.5) is 0 Å². The first-order valence-corrected chi connectivity index (χ1v) is 8.19. The van der Waals surface area contributed by atoms with Crippen molar-refractivity contribution in [2.24, 2.45) is 0 Å². The predicted molar refractivity (Wildman–Crippen MR) is 100.0 cm³/mol. The van der Waals surface area contributed by atoms with Crippen LogP contribution < -0.4 is 4.74 Å². The molecule has 126 valence electrons. The van der Waals surface area contributed by atoms with Crippen molar-refractivity contribution >= 4 is 6.08 Å². The third kappa shape index (κ3) is 6.41. The number of benzene rings is 2. The molecular formula is C21H25NO2. The van der Waals surface area contributed by atoms with Gasteiger partial charge in [0.2, 0.25) is 0 Å². The van der Waals surface area contributed by atoms with E-state index in [2.05, 4.69) is 47.9 Å². The Balaban J connectivity index is 1.90. The molecule has 0 spiro atoms. The van der Waals surface area contributed by atoms with Gasteiger partial charge in [-0.15, -0.1) is 0 Å². The summed E-state index contributed by atoms with van der Waals surface area (Å²) in [5.74, 6) is 0.844. The number of aliphatic hydroxyl groups is 1. The van der Waals surface area contributed by atoms with Crippen molar-refractivity contribution in [3.8, 4) is 5.75 Å². The van der Waals surface area contributed by atoms with Gasteiger partial charge >= 0.3 is 0 Å². The van der Waals surface area contributed by atoms with Crippen molar-refractivity contribution in [3.63, 3.8) is 0 Å². The van der Waals surface area contributed by atoms with Crippen LogP contribution in [-0.2, 0) is 6.54 Å². The normalized spacial score (nSPS) is 11.1. The largest absolute Gasteiger partial charge is 0.490 e. The van der Waals surface area contributed by atoms with Gasteiger partial charge in [-0.3, -0.25) is 4.90 Å². The van der Waals surface area contributed by atoms with Gasteiger partial charge in [0.25, 0.3) is 0 Å². The molecule has 0 aromatic heterocycles. The van der Waals surface area contributed by atoms with Crippen LogP contribution >= 0.6 is 0 Å². The summed E-state index contributed by atoms with van der Waals surface area (Å²) in [6, 6.07) is 18.3. The predicted octanol–water partition coefficient (Wildman–Crippen LogP) is 3.76. The summed E-state index contributed by atoms with van der Waals surface area (Å²) in [4.78, 5) is 2.21. The molecule has 0 aliphatic rings. The lowest BCUT2D eigenvalue weighted by Gasteiger charge is -2.19. The van der Waals surface area contributed by atoms with Crippen molar-refractivity contribution in [1.29, 1.82) is 0 Å². The molecule has 0 saturated carbocycles. The van der Waals surface area contributed by atoms with Gasteiger partial charge in [-0.1, -0.05) is 67.3 Å². The van der Waals surface area contributed by atoms with Gasteiger partial charge in [0.1, 0.15) is 12.4 Å². The Morgan fingerprint density at radius 2 is 1.79 bits per heavy atom. The van der Waals surface area contributed by atoms with E-state index in [1.807, 2.05) is 30.3 Å². The first-order valence-electron chi connectivity index (χ1n) is 8.19. The third-order valence-corrected chi connectivity index (χ3v) is 3.59. The maximum Gasteiger partial charge on any atom is 0.119 e. The van der Waals surface area contributed by atoms with E-state index in [1.54, 1.807) is 6.08 Å². The minimum Gasteiger partial charge on any atom is -0.490 e. The van der Waals surface area contributed by atoms with Gasteiger partial charge in [-0.2, -0.15) is 0 Å². The van der Waals surface area contributed by atoms with Crippen LogP contribution in [0.3, 0.4) is 0 Å². The van der Waals surface area contributed by atoms with Gasteiger partial charge in [0, 0.05) is 19.6 Å². The molecule has 0 amide bonds. The summed E-state index contributed by atoms with van der Waals surface area (Å²) in [5.41, 5.74) is 2.38. The zero-order chi connectivity index (χ0) is 17.0. The fraction of sp³-hybridized carbons (Fsp3) is 0.238. The second-order valence-electron chi connectivity index (χ2n) is 5.52. The van der Waals surface area contributed by atoms with Crippen molar-refractivity contribution in [1.82, 2.24) is 4.90 Å². The molecule has 3 heteroatoms. The van der Waals surface area contributed by atoms with Gasteiger partial charge in [-0.25, -0.2) is 0 Å². The molecule has 0 fully saturated rings. The molecule has 0 aliphatic heterocycles. The average Bonchev–Trinajstić information content (AvgIpc) is 2.62. The van der Waals surface area contributed by atoms with Crippen LogP contribution in [0.2, 0.25) is 0 Å². The summed E-state index contributed by atoms with van der Waals surface area (Å²) >= 11 is 0. The van der Waals surface area contributed by atoms with Crippen LogP contribution in [-0.4, -0.2) is 36.3 Å². The maximum absolute atomic E-state index is 9.28. The fourth-order valence-electron chi connectivity index (χ4n) is 2.38. The van der Waals surface area contributed by atoms with E-state index >= 15 is 0 Å². The Labute approximate surface area is 144 Å². The fourth-order valence-corrected chi connectivity index (χ4v) is 2.38. The number of nitrogens with zero attached hydrogens (tertiary/aromatic N) is 1. The van der Waals surface area contributed by atoms with Crippen LogP contribution in [0, 0.1) is 0 Å². The molecule has 0 heterocycles. The molecule has 0 bridgehead atoms. The van der Waals surface area contributed by atoms with Gasteiger partial charge in [0.15, 0.2) is 0 Å². The summed E-state index contributed by atoms with van der Waals surface area (Å²) in [6.07, 6.45) is 5.97. The van der Waals surface area contributed by atoms with E-state index in [9.17, 15) is 5.11 Å². The number of aliphatic hydroxyl groups excluding tert-OH is 1. The highest BCUT2D eigenvalue weighted by Gasteiger charge is 2.04. The van der Waals surface area contributed by atoms with E-state index < -0.39 is 0 Å². The number of hydrogen-bond acceptors (Lipinski definition) is 3. The maximum atomic E-state index is 9.28. The molecule has 3 nitrogen and oxygen atoms in total. The second-order valence-corrected chi connectivity index (χ2v) is 5.52. The standard InChI is InChI=1S/C21H25NO2/c1-2-17-24-21-12-10-20(11-13-21)18-22(15-16-23)14-6-9-19-7-4-3-5-8-19/h2-13,23H,1,14-18H2/b9-6+. The molecular weight excluding hydrogens is 298 g/mol. The quantitative estimate of drug-likeness (QED) is 0.676. The summed E-state index contributed by atoms with van der Waals surface area (Å²) in [7, 11) is 0. The van der Waals surface area contributed by atoms with E-state index in [0.29, 0.717) is 13.2 Å². The van der Waals surface area contributed by atoms with Gasteiger partial charge in [0.05, 0.1) is 6.61 Å². The molecule has 0 radical (unpaired) electrons. The third-order valence-electron chi connectivity index (χ3n) is 3.59. The lowest BCUT2D eigenvalue weighted by molar-refractivity contribution is 0.203. The molecule has 0 atom stereocenters. The Hall–Kier alpha value is -2.36. The lowest BCUT2D eigenvalue weighted by Crippen LogP contribution is -2.26. The molecule has 2 aromatic carbocycles. The number of rotatable bonds is 10. The molecule has 1 N–H and O–H groups in total. The van der Waals surface area contributed by atoms with Crippen molar-refractivity contribution in [2.75, 3.05) is 26.3 Å². The minimum absolute atomic E-state index is 0.152. The summed E-state index contributed by atoms with van der Waals surface area (Å²) in [5, 5.41) is 9.28. The second kappa shape index (κ2) is 10.4.